The van der Waals surface area contributed by atoms with E-state index < -0.39 is 37.6 Å². The minimum absolute atomic E-state index is 0.129. The number of allylic oxidation sites excluding steroid dienone is 8. The molecule has 0 radical (unpaired) electrons. The number of aliphatic hydroxyl groups excluding tert-OH is 6. The van der Waals surface area contributed by atoms with E-state index in [1.54, 1.807) is 0 Å². The van der Waals surface area contributed by atoms with Crippen molar-refractivity contribution in [1.82, 2.24) is 0 Å². The number of aldehydes is 1. The minimum atomic E-state index is -1.67. The number of rotatable bonds is 11. The molecule has 14 atom stereocenters. The van der Waals surface area contributed by atoms with Crippen LogP contribution < -0.4 is 0 Å². The Morgan fingerprint density at radius 1 is 0.528 bits per heavy atom. The van der Waals surface area contributed by atoms with Gasteiger partial charge in [-0.15, -0.1) is 0 Å². The number of aliphatic hydroxyl groups is 6. The highest BCUT2D eigenvalue weighted by Gasteiger charge is 2.53. The van der Waals surface area contributed by atoms with Gasteiger partial charge in [0.1, 0.15) is 55.1 Å². The van der Waals surface area contributed by atoms with Gasteiger partial charge in [0, 0.05) is 23.7 Å². The Morgan fingerprint density at radius 2 is 0.925 bits per heavy atom. The quantitative estimate of drug-likeness (QED) is 0.134. The second-order valence-corrected chi connectivity index (χ2v) is 15.1. The zero-order chi connectivity index (χ0) is 37.6. The van der Waals surface area contributed by atoms with Gasteiger partial charge in [-0.2, -0.15) is 0 Å². The van der Waals surface area contributed by atoms with Crippen LogP contribution in [0.5, 0.6) is 0 Å². The summed E-state index contributed by atoms with van der Waals surface area (Å²) >= 11 is 0. The molecule has 0 bridgehead atoms. The van der Waals surface area contributed by atoms with Crippen LogP contribution in [0.1, 0.15) is 77.0 Å². The monoisotopic (exact) mass is 750 g/mol. The first-order valence-corrected chi connectivity index (χ1v) is 19.7. The van der Waals surface area contributed by atoms with Gasteiger partial charge in [-0.1, -0.05) is 48.6 Å². The summed E-state index contributed by atoms with van der Waals surface area (Å²) < 4.78 is 38.4. The average Bonchev–Trinajstić information content (AvgIpc) is 4.02. The largest absolute Gasteiger partial charge is 0.394 e. The predicted molar refractivity (Wildman–Crippen MR) is 193 cm³/mol. The molecule has 7 rings (SSSR count). The first-order valence-electron chi connectivity index (χ1n) is 19.7. The van der Waals surface area contributed by atoms with Crippen LogP contribution in [0.4, 0.5) is 0 Å². The average molecular weight is 751 g/mol. The molecule has 13 heteroatoms. The molecule has 6 N–H and O–H groups in total. The van der Waals surface area contributed by atoms with Crippen molar-refractivity contribution in [3.63, 3.8) is 0 Å². The number of ether oxygens (including phenoxy) is 6. The Balaban J connectivity index is 0.000000223. The second kappa shape index (κ2) is 22.0. The van der Waals surface area contributed by atoms with Crippen LogP contribution in [0.25, 0.3) is 0 Å². The Bertz CT molecular complexity index is 1130. The maximum absolute atomic E-state index is 10.1. The lowest BCUT2D eigenvalue weighted by molar-refractivity contribution is -0.138. The number of carbonyl (C=O) groups is 1. The van der Waals surface area contributed by atoms with E-state index in [1.807, 2.05) is 0 Å². The fourth-order valence-electron chi connectivity index (χ4n) is 7.84. The maximum Gasteiger partial charge on any atom is 0.161 e. The Kier molecular flexibility index (Phi) is 17.6. The summed E-state index contributed by atoms with van der Waals surface area (Å²) in [5, 5.41) is 52.2. The molecule has 0 aromatic carbocycles. The molecule has 53 heavy (non-hydrogen) atoms. The van der Waals surface area contributed by atoms with Crippen molar-refractivity contribution in [2.75, 3.05) is 26.4 Å². The first-order chi connectivity index (χ1) is 25.8. The summed E-state index contributed by atoms with van der Waals surface area (Å²) in [5.74, 6) is 1.55. The summed E-state index contributed by atoms with van der Waals surface area (Å²) in [5.41, 5.74) is 0. The third kappa shape index (κ3) is 12.1. The number of carbonyl (C=O) groups excluding carboxylic acids is 1. The van der Waals surface area contributed by atoms with Crippen LogP contribution in [-0.4, -0.2) is 131 Å². The molecule has 4 aliphatic carbocycles. The fraction of sp³-hybridized carbons (Fsp3) is 0.775. The van der Waals surface area contributed by atoms with E-state index >= 15 is 0 Å². The van der Waals surface area contributed by atoms with E-state index in [1.165, 1.54) is 0 Å². The van der Waals surface area contributed by atoms with Gasteiger partial charge >= 0.3 is 0 Å². The molecule has 0 spiro atoms. The molecule has 3 aliphatic heterocycles. The lowest BCUT2D eigenvalue weighted by Gasteiger charge is -2.28. The van der Waals surface area contributed by atoms with Gasteiger partial charge in [0.05, 0.1) is 26.4 Å². The van der Waals surface area contributed by atoms with Crippen molar-refractivity contribution < 1.29 is 63.9 Å². The van der Waals surface area contributed by atoms with Gasteiger partial charge in [-0.05, 0) is 77.0 Å². The molecule has 7 aliphatic rings. The molecule has 300 valence electrons. The van der Waals surface area contributed by atoms with Crippen molar-refractivity contribution in [1.29, 1.82) is 0 Å². The van der Waals surface area contributed by atoms with Gasteiger partial charge in [-0.3, -0.25) is 0 Å². The van der Waals surface area contributed by atoms with E-state index in [0.29, 0.717) is 36.9 Å². The van der Waals surface area contributed by atoms with E-state index in [-0.39, 0.29) is 43.3 Å². The highest BCUT2D eigenvalue weighted by molar-refractivity contribution is 5.54. The van der Waals surface area contributed by atoms with E-state index in [0.717, 1.165) is 83.3 Å². The summed E-state index contributed by atoms with van der Waals surface area (Å²) in [4.78, 5) is 10.1. The van der Waals surface area contributed by atoms with Crippen molar-refractivity contribution >= 4 is 6.29 Å². The fourth-order valence-corrected chi connectivity index (χ4v) is 7.84. The molecular formula is C40H62O13. The molecule has 13 nitrogen and oxygen atoms in total. The van der Waals surface area contributed by atoms with Gasteiger partial charge in [-0.25, -0.2) is 0 Å². The standard InChI is InChI=1S/C27H38O6.C7H10O.C6H14O6/c1-4-10-18(11-5-1)25-28-16-21(30-25)23-24(33-27(32-23)20-14-8-3-9-15-20)22-17-29-26(31-22)19-12-6-2-7-13-19;8-6-7-4-2-1-3-5-7;7-1-3(9)5(11)6(12)4(10)2-8/h1-4,6,8,18-27H,5,7,9-17H2;1-2,6-7H,3-5H2;3-12H,1-2H2. The summed E-state index contributed by atoms with van der Waals surface area (Å²) in [7, 11) is 0. The summed E-state index contributed by atoms with van der Waals surface area (Å²) in [6, 6.07) is 0. The van der Waals surface area contributed by atoms with Gasteiger partial charge in [0.25, 0.3) is 0 Å². The van der Waals surface area contributed by atoms with Crippen LogP contribution in [0.15, 0.2) is 48.6 Å². The number of hydrogen-bond donors (Lipinski definition) is 6. The second-order valence-electron chi connectivity index (χ2n) is 15.1. The van der Waals surface area contributed by atoms with Gasteiger partial charge in [0.15, 0.2) is 18.9 Å². The molecule has 0 saturated carbocycles. The van der Waals surface area contributed by atoms with Crippen molar-refractivity contribution in [2.45, 2.75) is 145 Å². The zero-order valence-corrected chi connectivity index (χ0v) is 30.7. The predicted octanol–water partition coefficient (Wildman–Crippen LogP) is 2.60. The molecule has 3 saturated heterocycles. The zero-order valence-electron chi connectivity index (χ0n) is 30.7. The minimum Gasteiger partial charge on any atom is -0.394 e. The molecule has 0 amide bonds. The van der Waals surface area contributed by atoms with Crippen LogP contribution in [0, 0.1) is 23.7 Å². The smallest absolute Gasteiger partial charge is 0.161 e. The molecule has 3 heterocycles. The Hall–Kier alpha value is -1.85. The number of hydrogen-bond acceptors (Lipinski definition) is 13. The highest BCUT2D eigenvalue weighted by Crippen LogP contribution is 2.40. The van der Waals surface area contributed by atoms with Crippen molar-refractivity contribution in [2.24, 2.45) is 23.7 Å². The van der Waals surface area contributed by atoms with Crippen LogP contribution in [0.3, 0.4) is 0 Å². The Labute approximate surface area is 313 Å². The van der Waals surface area contributed by atoms with Crippen LogP contribution in [-0.2, 0) is 33.2 Å². The summed E-state index contributed by atoms with van der Waals surface area (Å²) in [6.45, 7) is -0.346. The lowest BCUT2D eigenvalue weighted by atomic mass is 9.94. The van der Waals surface area contributed by atoms with Crippen LogP contribution in [0.2, 0.25) is 0 Å². The topological polar surface area (TPSA) is 194 Å². The SMILES string of the molecule is C1=CCC(C2OCC(C3OC(C4CC=CCC4)OC3C3COC(C4CC=CCC4)O3)O2)CC1.O=CC1CC=CCC1.OCC(O)C(O)C(O)C(O)CO. The molecule has 0 aromatic rings. The molecule has 3 fully saturated rings. The van der Waals surface area contributed by atoms with E-state index in [9.17, 15) is 4.79 Å². The summed E-state index contributed by atoms with van der Waals surface area (Å²) in [6.07, 6.45) is 24.1. The van der Waals surface area contributed by atoms with E-state index in [4.69, 9.17) is 59.1 Å². The first kappa shape index (κ1) is 42.3. The maximum atomic E-state index is 10.1. The van der Waals surface area contributed by atoms with Crippen LogP contribution >= 0.6 is 0 Å². The highest BCUT2D eigenvalue weighted by atomic mass is 16.8. The third-order valence-electron chi connectivity index (χ3n) is 11.2. The third-order valence-corrected chi connectivity index (χ3v) is 11.2. The molecular weight excluding hydrogens is 688 g/mol. The van der Waals surface area contributed by atoms with Gasteiger partial charge < -0.3 is 63.9 Å². The van der Waals surface area contributed by atoms with Crippen molar-refractivity contribution in [3.05, 3.63) is 48.6 Å². The molecule has 0 aromatic heterocycles. The van der Waals surface area contributed by atoms with E-state index in [2.05, 4.69) is 48.6 Å². The molecule has 14 unspecified atom stereocenters. The normalized spacial score (nSPS) is 38.9. The lowest BCUT2D eigenvalue weighted by Crippen LogP contribution is -2.46. The van der Waals surface area contributed by atoms with Gasteiger partial charge in [0.2, 0.25) is 0 Å². The Morgan fingerprint density at radius 3 is 1.25 bits per heavy atom. The van der Waals surface area contributed by atoms with Crippen molar-refractivity contribution in [3.8, 4) is 0 Å².